The standard InChI is InChI=1S/C13H16F3O2/c1-4-5-9-7-10(12(17)13(14,15)16)6-8(2)11(9)18-3/h6-7,12H,4-5H2,1-3H3/q-1. The first-order chi connectivity index (χ1) is 8.31. The minimum atomic E-state index is -4.76. The molecule has 102 valence electrons. The Hall–Kier alpha value is -1.23. The number of methoxy groups -OCH3 is 1. The summed E-state index contributed by atoms with van der Waals surface area (Å²) in [5, 5.41) is 11.3. The molecule has 0 aliphatic heterocycles. The Morgan fingerprint density at radius 1 is 1.33 bits per heavy atom. The fourth-order valence-corrected chi connectivity index (χ4v) is 1.96. The molecule has 1 aromatic carbocycles. The molecule has 0 saturated carbocycles. The first kappa shape index (κ1) is 14.8. The van der Waals surface area contributed by atoms with Gasteiger partial charge in [0.15, 0.2) is 0 Å². The Balaban J connectivity index is 3.24. The van der Waals surface area contributed by atoms with Crippen LogP contribution in [0.5, 0.6) is 5.75 Å². The van der Waals surface area contributed by atoms with Crippen LogP contribution in [0, 0.1) is 6.92 Å². The van der Waals surface area contributed by atoms with Crippen molar-refractivity contribution in [1.29, 1.82) is 0 Å². The number of ether oxygens (including phenoxy) is 1. The van der Waals surface area contributed by atoms with E-state index in [1.165, 1.54) is 19.2 Å². The topological polar surface area (TPSA) is 32.3 Å². The zero-order chi connectivity index (χ0) is 13.9. The molecule has 1 atom stereocenters. The number of hydrogen-bond donors (Lipinski definition) is 0. The van der Waals surface area contributed by atoms with Crippen LogP contribution in [0.1, 0.15) is 36.1 Å². The smallest absolute Gasteiger partial charge is 0.381 e. The lowest BCUT2D eigenvalue weighted by Crippen LogP contribution is -2.31. The van der Waals surface area contributed by atoms with Crippen molar-refractivity contribution in [2.75, 3.05) is 7.11 Å². The predicted molar refractivity (Wildman–Crippen MR) is 60.5 cm³/mol. The Labute approximate surface area is 104 Å². The lowest BCUT2D eigenvalue weighted by Gasteiger charge is -2.27. The van der Waals surface area contributed by atoms with Crippen LogP contribution < -0.4 is 9.84 Å². The van der Waals surface area contributed by atoms with E-state index in [0.717, 1.165) is 6.42 Å². The fourth-order valence-electron chi connectivity index (χ4n) is 1.96. The maximum Gasteiger partial charge on any atom is 0.381 e. The number of rotatable bonds is 4. The van der Waals surface area contributed by atoms with Crippen LogP contribution in [-0.2, 0) is 6.42 Å². The van der Waals surface area contributed by atoms with Gasteiger partial charge in [0.05, 0.1) is 7.11 Å². The van der Waals surface area contributed by atoms with Gasteiger partial charge in [0.25, 0.3) is 0 Å². The van der Waals surface area contributed by atoms with Gasteiger partial charge in [-0.15, -0.1) is 0 Å². The highest BCUT2D eigenvalue weighted by Crippen LogP contribution is 2.34. The lowest BCUT2D eigenvalue weighted by molar-refractivity contribution is -0.488. The number of halogens is 3. The zero-order valence-electron chi connectivity index (χ0n) is 10.6. The number of alkyl halides is 3. The van der Waals surface area contributed by atoms with E-state index < -0.39 is 12.3 Å². The molecule has 5 heteroatoms. The maximum absolute atomic E-state index is 12.4. The molecular weight excluding hydrogens is 245 g/mol. The van der Waals surface area contributed by atoms with E-state index in [0.29, 0.717) is 23.3 Å². The fraction of sp³-hybridized carbons (Fsp3) is 0.538. The van der Waals surface area contributed by atoms with Gasteiger partial charge in [-0.05, 0) is 30.6 Å². The largest absolute Gasteiger partial charge is 0.842 e. The van der Waals surface area contributed by atoms with E-state index >= 15 is 0 Å². The molecular formula is C13H16F3O2-. The second-order valence-corrected chi connectivity index (χ2v) is 4.20. The van der Waals surface area contributed by atoms with Gasteiger partial charge in [0.1, 0.15) is 5.75 Å². The molecule has 0 aliphatic rings. The van der Waals surface area contributed by atoms with Crippen LogP contribution in [0.4, 0.5) is 13.2 Å². The van der Waals surface area contributed by atoms with E-state index in [2.05, 4.69) is 0 Å². The van der Waals surface area contributed by atoms with Crippen molar-refractivity contribution in [3.05, 3.63) is 28.8 Å². The van der Waals surface area contributed by atoms with Crippen molar-refractivity contribution in [1.82, 2.24) is 0 Å². The molecule has 0 saturated heterocycles. The van der Waals surface area contributed by atoms with Crippen molar-refractivity contribution >= 4 is 0 Å². The van der Waals surface area contributed by atoms with Crippen molar-refractivity contribution in [2.24, 2.45) is 0 Å². The van der Waals surface area contributed by atoms with Crippen LogP contribution in [0.3, 0.4) is 0 Å². The second-order valence-electron chi connectivity index (χ2n) is 4.20. The SMILES string of the molecule is CCCc1cc(C([O-])C(F)(F)F)cc(C)c1OC. The van der Waals surface area contributed by atoms with Crippen LogP contribution in [0.25, 0.3) is 0 Å². The predicted octanol–water partition coefficient (Wildman–Crippen LogP) is 2.92. The summed E-state index contributed by atoms with van der Waals surface area (Å²) in [5.74, 6) is 0.565. The third kappa shape index (κ3) is 3.16. The van der Waals surface area contributed by atoms with Gasteiger partial charge in [0.2, 0.25) is 0 Å². The van der Waals surface area contributed by atoms with Crippen molar-refractivity contribution in [3.8, 4) is 5.75 Å². The Bertz CT molecular complexity index is 413. The summed E-state index contributed by atoms with van der Waals surface area (Å²) in [7, 11) is 1.47. The third-order valence-corrected chi connectivity index (χ3v) is 2.70. The molecule has 2 nitrogen and oxygen atoms in total. The number of benzene rings is 1. The normalized spacial score (nSPS) is 13.5. The Morgan fingerprint density at radius 2 is 1.94 bits per heavy atom. The average Bonchev–Trinajstić information content (AvgIpc) is 2.26. The molecule has 1 rings (SSSR count). The molecule has 0 N–H and O–H groups in total. The summed E-state index contributed by atoms with van der Waals surface area (Å²) in [6, 6.07) is 2.56. The third-order valence-electron chi connectivity index (χ3n) is 2.70. The van der Waals surface area contributed by atoms with Gasteiger partial charge in [-0.25, -0.2) is 0 Å². The zero-order valence-corrected chi connectivity index (χ0v) is 10.6. The maximum atomic E-state index is 12.4. The highest BCUT2D eigenvalue weighted by molar-refractivity contribution is 5.45. The minimum absolute atomic E-state index is 0.246. The molecule has 0 spiro atoms. The highest BCUT2D eigenvalue weighted by Gasteiger charge is 2.32. The minimum Gasteiger partial charge on any atom is -0.842 e. The highest BCUT2D eigenvalue weighted by atomic mass is 19.4. The van der Waals surface area contributed by atoms with Crippen LogP contribution in [-0.4, -0.2) is 13.3 Å². The Morgan fingerprint density at radius 3 is 2.39 bits per heavy atom. The van der Waals surface area contributed by atoms with Crippen LogP contribution >= 0.6 is 0 Å². The van der Waals surface area contributed by atoms with E-state index in [9.17, 15) is 18.3 Å². The molecule has 18 heavy (non-hydrogen) atoms. The molecule has 0 radical (unpaired) electrons. The van der Waals surface area contributed by atoms with E-state index in [1.54, 1.807) is 6.92 Å². The van der Waals surface area contributed by atoms with Gasteiger partial charge in [-0.1, -0.05) is 31.0 Å². The first-order valence-corrected chi connectivity index (χ1v) is 5.71. The molecule has 0 bridgehead atoms. The quantitative estimate of drug-likeness (QED) is 0.834. The summed E-state index contributed by atoms with van der Waals surface area (Å²) >= 11 is 0. The molecule has 0 heterocycles. The van der Waals surface area contributed by atoms with Crippen molar-refractivity contribution in [2.45, 2.75) is 39.0 Å². The van der Waals surface area contributed by atoms with Crippen molar-refractivity contribution < 1.29 is 23.0 Å². The summed E-state index contributed by atoms with van der Waals surface area (Å²) in [6.45, 7) is 3.56. The van der Waals surface area contributed by atoms with Gasteiger partial charge in [-0.3, -0.25) is 0 Å². The molecule has 1 unspecified atom stereocenters. The molecule has 0 fully saturated rings. The molecule has 0 amide bonds. The summed E-state index contributed by atoms with van der Waals surface area (Å²) in [4.78, 5) is 0. The molecule has 0 aliphatic carbocycles. The summed E-state index contributed by atoms with van der Waals surface area (Å²) < 4.78 is 42.4. The second kappa shape index (κ2) is 5.61. The van der Waals surface area contributed by atoms with E-state index in [1.807, 2.05) is 6.92 Å². The summed E-state index contributed by atoms with van der Waals surface area (Å²) in [5.41, 5.74) is 0.966. The average molecular weight is 261 g/mol. The van der Waals surface area contributed by atoms with Gasteiger partial charge in [-0.2, -0.15) is 13.2 Å². The monoisotopic (exact) mass is 261 g/mol. The molecule has 1 aromatic rings. The van der Waals surface area contributed by atoms with Gasteiger partial charge < -0.3 is 9.84 Å². The summed E-state index contributed by atoms with van der Waals surface area (Å²) in [6.07, 6.45) is -6.10. The van der Waals surface area contributed by atoms with E-state index in [4.69, 9.17) is 4.74 Å². The van der Waals surface area contributed by atoms with Crippen LogP contribution in [0.2, 0.25) is 0 Å². The van der Waals surface area contributed by atoms with Crippen molar-refractivity contribution in [3.63, 3.8) is 0 Å². The van der Waals surface area contributed by atoms with E-state index in [-0.39, 0.29) is 5.56 Å². The van der Waals surface area contributed by atoms with Crippen LogP contribution in [0.15, 0.2) is 12.1 Å². The Kier molecular flexibility index (Phi) is 4.62. The number of aryl methyl sites for hydroxylation is 2. The number of hydrogen-bond acceptors (Lipinski definition) is 2. The van der Waals surface area contributed by atoms with Gasteiger partial charge >= 0.3 is 6.18 Å². The van der Waals surface area contributed by atoms with Gasteiger partial charge in [0, 0.05) is 0 Å². The molecule has 0 aromatic heterocycles. The first-order valence-electron chi connectivity index (χ1n) is 5.71. The lowest BCUT2D eigenvalue weighted by atomic mass is 9.98.